The third-order valence-corrected chi connectivity index (χ3v) is 5.88. The number of rotatable bonds is 5. The van der Waals surface area contributed by atoms with E-state index < -0.39 is 23.6 Å². The number of hydrogen-bond donors (Lipinski definition) is 2. The van der Waals surface area contributed by atoms with E-state index in [-0.39, 0.29) is 36.4 Å². The minimum Gasteiger partial charge on any atom is -0.326 e. The van der Waals surface area contributed by atoms with Crippen LogP contribution in [0.5, 0.6) is 0 Å². The first-order chi connectivity index (χ1) is 15.2. The zero-order valence-corrected chi connectivity index (χ0v) is 17.1. The lowest BCUT2D eigenvalue weighted by Crippen LogP contribution is -2.29. The number of anilines is 3. The van der Waals surface area contributed by atoms with Crippen LogP contribution in [0.15, 0.2) is 48.5 Å². The Kier molecular flexibility index (Phi) is 5.90. The molecular weight excluding hydrogens is 423 g/mol. The number of nitrogens with zero attached hydrogens (tertiary/aromatic N) is 1. The number of benzene rings is 2. The molecule has 9 heteroatoms. The van der Waals surface area contributed by atoms with Gasteiger partial charge in [0.2, 0.25) is 17.7 Å². The van der Waals surface area contributed by atoms with Gasteiger partial charge in [-0.2, -0.15) is 13.2 Å². The summed E-state index contributed by atoms with van der Waals surface area (Å²) in [7, 11) is 0. The second-order valence-corrected chi connectivity index (χ2v) is 8.14. The molecule has 0 unspecified atom stereocenters. The van der Waals surface area contributed by atoms with Gasteiger partial charge in [0.05, 0.1) is 11.5 Å². The molecule has 3 amide bonds. The van der Waals surface area contributed by atoms with E-state index in [4.69, 9.17) is 0 Å². The zero-order chi connectivity index (χ0) is 22.9. The van der Waals surface area contributed by atoms with Crippen LogP contribution in [0, 0.1) is 11.8 Å². The lowest BCUT2D eigenvalue weighted by Gasteiger charge is -2.24. The van der Waals surface area contributed by atoms with Crippen LogP contribution in [-0.4, -0.2) is 24.3 Å². The zero-order valence-electron chi connectivity index (χ0n) is 17.1. The van der Waals surface area contributed by atoms with Crippen LogP contribution < -0.4 is 15.5 Å². The fourth-order valence-corrected chi connectivity index (χ4v) is 3.79. The number of nitrogens with one attached hydrogen (secondary N) is 2. The molecule has 2 fully saturated rings. The van der Waals surface area contributed by atoms with Gasteiger partial charge in [-0.05, 0) is 55.3 Å². The fourth-order valence-electron chi connectivity index (χ4n) is 3.79. The van der Waals surface area contributed by atoms with Gasteiger partial charge in [-0.1, -0.05) is 12.5 Å². The molecule has 0 bridgehead atoms. The topological polar surface area (TPSA) is 78.5 Å². The number of amides is 3. The smallest absolute Gasteiger partial charge is 0.326 e. The molecule has 2 N–H and O–H groups in total. The summed E-state index contributed by atoms with van der Waals surface area (Å²) in [6.45, 7) is 0.144. The molecule has 1 aliphatic carbocycles. The van der Waals surface area contributed by atoms with Gasteiger partial charge in [-0.15, -0.1) is 0 Å². The van der Waals surface area contributed by atoms with Crippen LogP contribution in [0.2, 0.25) is 0 Å². The molecule has 32 heavy (non-hydrogen) atoms. The van der Waals surface area contributed by atoms with Gasteiger partial charge in [0.25, 0.3) is 0 Å². The summed E-state index contributed by atoms with van der Waals surface area (Å²) in [6, 6.07) is 11.1. The third-order valence-electron chi connectivity index (χ3n) is 5.88. The van der Waals surface area contributed by atoms with E-state index in [1.807, 2.05) is 0 Å². The van der Waals surface area contributed by atoms with Gasteiger partial charge in [0.1, 0.15) is 0 Å². The van der Waals surface area contributed by atoms with Crippen molar-refractivity contribution in [2.45, 2.75) is 31.9 Å². The first-order valence-corrected chi connectivity index (χ1v) is 10.4. The molecule has 0 radical (unpaired) electrons. The average Bonchev–Trinajstić information content (AvgIpc) is 3.08. The van der Waals surface area contributed by atoms with Crippen LogP contribution in [0.1, 0.15) is 31.2 Å². The lowest BCUT2D eigenvalue weighted by atomic mass is 9.85. The van der Waals surface area contributed by atoms with Crippen molar-refractivity contribution in [3.63, 3.8) is 0 Å². The molecule has 0 spiro atoms. The normalized spacial score (nSPS) is 18.9. The molecule has 168 valence electrons. The Hall–Kier alpha value is -3.36. The molecule has 1 aliphatic heterocycles. The van der Waals surface area contributed by atoms with Gasteiger partial charge < -0.3 is 15.5 Å². The lowest BCUT2D eigenvalue weighted by molar-refractivity contribution is -0.137. The second kappa shape index (κ2) is 8.64. The molecule has 4 rings (SSSR count). The van der Waals surface area contributed by atoms with Crippen LogP contribution in [0.4, 0.5) is 30.2 Å². The molecule has 1 saturated heterocycles. The van der Waals surface area contributed by atoms with Gasteiger partial charge in [-0.3, -0.25) is 14.4 Å². The van der Waals surface area contributed by atoms with Crippen LogP contribution >= 0.6 is 0 Å². The molecular formula is C23H22F3N3O3. The van der Waals surface area contributed by atoms with E-state index in [2.05, 4.69) is 10.6 Å². The highest BCUT2D eigenvalue weighted by Crippen LogP contribution is 2.32. The quantitative estimate of drug-likeness (QED) is 0.715. The van der Waals surface area contributed by atoms with Gasteiger partial charge >= 0.3 is 6.18 Å². The number of hydrogen-bond acceptors (Lipinski definition) is 3. The maximum Gasteiger partial charge on any atom is 0.416 e. The minimum atomic E-state index is -4.45. The molecule has 6 nitrogen and oxygen atoms in total. The first kappa shape index (κ1) is 21.9. The summed E-state index contributed by atoms with van der Waals surface area (Å²) in [5, 5.41) is 5.44. The van der Waals surface area contributed by atoms with Crippen molar-refractivity contribution in [3.8, 4) is 0 Å². The van der Waals surface area contributed by atoms with Crippen LogP contribution in [0.25, 0.3) is 0 Å². The molecule has 1 atom stereocenters. The molecule has 1 saturated carbocycles. The maximum atomic E-state index is 12.7. The summed E-state index contributed by atoms with van der Waals surface area (Å²) in [5.74, 6) is -1.31. The highest BCUT2D eigenvalue weighted by molar-refractivity contribution is 6.04. The van der Waals surface area contributed by atoms with Gasteiger partial charge in [-0.25, -0.2) is 0 Å². The van der Waals surface area contributed by atoms with E-state index in [1.54, 1.807) is 24.3 Å². The van der Waals surface area contributed by atoms with Crippen molar-refractivity contribution in [2.24, 2.45) is 11.8 Å². The predicted octanol–water partition coefficient (Wildman–Crippen LogP) is 4.44. The number of carbonyl (C=O) groups excluding carboxylic acids is 3. The Morgan fingerprint density at radius 1 is 0.906 bits per heavy atom. The minimum absolute atomic E-state index is 0.00880. The van der Waals surface area contributed by atoms with Crippen molar-refractivity contribution in [3.05, 3.63) is 54.1 Å². The Morgan fingerprint density at radius 2 is 1.56 bits per heavy atom. The number of carbonyl (C=O) groups is 3. The van der Waals surface area contributed by atoms with E-state index >= 15 is 0 Å². The Labute approximate surface area is 182 Å². The molecule has 1 heterocycles. The molecule has 0 aromatic heterocycles. The van der Waals surface area contributed by atoms with E-state index in [0.717, 1.165) is 31.4 Å². The Morgan fingerprint density at radius 3 is 2.19 bits per heavy atom. The second-order valence-electron chi connectivity index (χ2n) is 8.14. The largest absolute Gasteiger partial charge is 0.416 e. The fraction of sp³-hybridized carbons (Fsp3) is 0.348. The predicted molar refractivity (Wildman–Crippen MR) is 113 cm³/mol. The molecule has 2 aliphatic rings. The Balaban J connectivity index is 1.39. The van der Waals surface area contributed by atoms with E-state index in [1.165, 1.54) is 17.0 Å². The maximum absolute atomic E-state index is 12.7. The SMILES string of the molecule is O=C(Nc1cccc(N2C[C@@H](C(=O)Nc3ccc(C(F)(F)F)cc3)CC2=O)c1)C1CCC1. The van der Waals surface area contributed by atoms with Crippen molar-refractivity contribution < 1.29 is 27.6 Å². The number of halogens is 3. The van der Waals surface area contributed by atoms with Crippen LogP contribution in [-0.2, 0) is 20.6 Å². The third kappa shape index (κ3) is 4.76. The first-order valence-electron chi connectivity index (χ1n) is 10.4. The average molecular weight is 445 g/mol. The van der Waals surface area contributed by atoms with Gasteiger partial charge in [0, 0.05) is 35.9 Å². The van der Waals surface area contributed by atoms with Crippen molar-refractivity contribution in [1.82, 2.24) is 0 Å². The Bertz CT molecular complexity index is 1030. The van der Waals surface area contributed by atoms with Crippen molar-refractivity contribution >= 4 is 34.8 Å². The highest BCUT2D eigenvalue weighted by Gasteiger charge is 2.36. The number of alkyl halides is 3. The van der Waals surface area contributed by atoms with Crippen molar-refractivity contribution in [1.29, 1.82) is 0 Å². The summed E-state index contributed by atoms with van der Waals surface area (Å²) in [4.78, 5) is 38.8. The van der Waals surface area contributed by atoms with Crippen LogP contribution in [0.3, 0.4) is 0 Å². The summed E-state index contributed by atoms with van der Waals surface area (Å²) < 4.78 is 38.0. The monoisotopic (exact) mass is 445 g/mol. The highest BCUT2D eigenvalue weighted by atomic mass is 19.4. The van der Waals surface area contributed by atoms with Gasteiger partial charge in [0.15, 0.2) is 0 Å². The molecule has 2 aromatic carbocycles. The standard InChI is InChI=1S/C23H22F3N3O3/c24-23(25,26)16-7-9-17(10-8-16)27-22(32)15-11-20(30)29(13-15)19-6-2-5-18(12-19)28-21(31)14-3-1-4-14/h2,5-10,12,14-15H,1,3-4,11,13H2,(H,27,32)(H,28,31)/t15-/m0/s1. The van der Waals surface area contributed by atoms with E-state index in [9.17, 15) is 27.6 Å². The summed E-state index contributed by atoms with van der Waals surface area (Å²) in [6.07, 6.45) is -1.65. The summed E-state index contributed by atoms with van der Waals surface area (Å²) >= 11 is 0. The summed E-state index contributed by atoms with van der Waals surface area (Å²) in [5.41, 5.74) is 0.590. The van der Waals surface area contributed by atoms with Crippen molar-refractivity contribution in [2.75, 3.05) is 22.1 Å². The van der Waals surface area contributed by atoms with E-state index in [0.29, 0.717) is 11.4 Å². The molecule has 2 aromatic rings.